The Balaban J connectivity index is 2.26. The molecule has 0 bridgehead atoms. The minimum Gasteiger partial charge on any atom is -0.251 e. The van der Waals surface area contributed by atoms with Crippen molar-refractivity contribution in [3.8, 4) is 11.8 Å². The molecule has 0 saturated carbocycles. The maximum Gasteiger partial charge on any atom is 0.0903 e. The smallest absolute Gasteiger partial charge is 0.0903 e. The molecule has 0 fully saturated rings. The van der Waals surface area contributed by atoms with Crippen molar-refractivity contribution in [2.75, 3.05) is 6.67 Å². The standard InChI is InChI=1S/C11H14F/c12-10-6-2-5-9-11-7-3-1-4-8-11/h1,7H,2-4,6,8,10H2. The van der Waals surface area contributed by atoms with Crippen molar-refractivity contribution in [3.63, 3.8) is 0 Å². The van der Waals surface area contributed by atoms with Gasteiger partial charge in [0.25, 0.3) is 0 Å². The molecule has 0 aliphatic heterocycles. The van der Waals surface area contributed by atoms with Crippen LogP contribution in [0.4, 0.5) is 4.39 Å². The van der Waals surface area contributed by atoms with E-state index in [4.69, 9.17) is 0 Å². The van der Waals surface area contributed by atoms with Crippen molar-refractivity contribution in [1.29, 1.82) is 0 Å². The van der Waals surface area contributed by atoms with Crippen molar-refractivity contribution in [3.05, 3.63) is 18.1 Å². The maximum atomic E-state index is 11.7. The van der Waals surface area contributed by atoms with Gasteiger partial charge in [0.15, 0.2) is 0 Å². The van der Waals surface area contributed by atoms with Crippen molar-refractivity contribution in [1.82, 2.24) is 0 Å². The third-order valence-corrected chi connectivity index (χ3v) is 1.83. The second-order valence-electron chi connectivity index (χ2n) is 2.89. The van der Waals surface area contributed by atoms with Gasteiger partial charge in [-0.3, -0.25) is 4.39 Å². The highest BCUT2D eigenvalue weighted by Crippen LogP contribution is 2.15. The number of hydrogen-bond acceptors (Lipinski definition) is 0. The van der Waals surface area contributed by atoms with E-state index < -0.39 is 0 Å². The molecule has 0 aromatic rings. The lowest BCUT2D eigenvalue weighted by atomic mass is 10.00. The van der Waals surface area contributed by atoms with Crippen molar-refractivity contribution in [2.45, 2.75) is 32.1 Å². The highest BCUT2D eigenvalue weighted by molar-refractivity contribution is 5.30. The monoisotopic (exact) mass is 165 g/mol. The minimum atomic E-state index is -0.249. The zero-order valence-corrected chi connectivity index (χ0v) is 7.28. The van der Waals surface area contributed by atoms with E-state index in [1.807, 2.05) is 0 Å². The van der Waals surface area contributed by atoms with Crippen LogP contribution < -0.4 is 0 Å². The number of unbranched alkanes of at least 4 members (excludes halogenated alkanes) is 1. The molecule has 0 N–H and O–H groups in total. The first-order chi connectivity index (χ1) is 5.93. The quantitative estimate of drug-likeness (QED) is 0.436. The van der Waals surface area contributed by atoms with Gasteiger partial charge in [0.1, 0.15) is 0 Å². The zero-order chi connectivity index (χ0) is 8.65. The second-order valence-corrected chi connectivity index (χ2v) is 2.89. The molecule has 0 aromatic carbocycles. The first-order valence-electron chi connectivity index (χ1n) is 4.49. The van der Waals surface area contributed by atoms with E-state index >= 15 is 0 Å². The minimum absolute atomic E-state index is 0.249. The highest BCUT2D eigenvalue weighted by atomic mass is 19.1. The largest absolute Gasteiger partial charge is 0.251 e. The summed E-state index contributed by atoms with van der Waals surface area (Å²) in [6, 6.07) is 0. The molecule has 1 rings (SSSR count). The third-order valence-electron chi connectivity index (χ3n) is 1.83. The van der Waals surface area contributed by atoms with Gasteiger partial charge in [0.05, 0.1) is 6.67 Å². The van der Waals surface area contributed by atoms with E-state index in [0.29, 0.717) is 12.8 Å². The van der Waals surface area contributed by atoms with Crippen molar-refractivity contribution in [2.24, 2.45) is 0 Å². The van der Waals surface area contributed by atoms with Gasteiger partial charge in [0.2, 0.25) is 0 Å². The number of halogens is 1. The third kappa shape index (κ3) is 3.57. The van der Waals surface area contributed by atoms with Gasteiger partial charge in [-0.2, -0.15) is 0 Å². The number of alkyl halides is 1. The summed E-state index contributed by atoms with van der Waals surface area (Å²) in [5.41, 5.74) is 1.23. The summed E-state index contributed by atoms with van der Waals surface area (Å²) in [7, 11) is 0. The van der Waals surface area contributed by atoms with E-state index in [-0.39, 0.29) is 6.67 Å². The Morgan fingerprint density at radius 3 is 3.08 bits per heavy atom. The lowest BCUT2D eigenvalue weighted by molar-refractivity contribution is 0.477. The van der Waals surface area contributed by atoms with Crippen LogP contribution in [0, 0.1) is 18.3 Å². The zero-order valence-electron chi connectivity index (χ0n) is 7.28. The predicted molar refractivity (Wildman–Crippen MR) is 49.2 cm³/mol. The average molecular weight is 165 g/mol. The molecule has 0 heterocycles. The van der Waals surface area contributed by atoms with Crippen LogP contribution in [0.2, 0.25) is 0 Å². The summed E-state index contributed by atoms with van der Waals surface area (Å²) in [6.45, 7) is -0.249. The molecule has 0 unspecified atom stereocenters. The Kier molecular flexibility index (Phi) is 4.52. The summed E-state index contributed by atoms with van der Waals surface area (Å²) in [5.74, 6) is 6.06. The average Bonchev–Trinajstić information content (AvgIpc) is 2.14. The molecule has 1 heteroatoms. The van der Waals surface area contributed by atoms with Crippen molar-refractivity contribution < 1.29 is 4.39 Å². The summed E-state index contributed by atoms with van der Waals surface area (Å²) >= 11 is 0. The molecule has 1 aliphatic rings. The fourth-order valence-corrected chi connectivity index (χ4v) is 1.15. The maximum absolute atomic E-state index is 11.7. The molecule has 0 saturated heterocycles. The SMILES string of the molecule is FCCCC#CC1=CC[CH]CC1. The van der Waals surface area contributed by atoms with Gasteiger partial charge in [-0.15, -0.1) is 0 Å². The molecule has 0 amide bonds. The summed E-state index contributed by atoms with van der Waals surface area (Å²) in [6.07, 6.45) is 8.95. The summed E-state index contributed by atoms with van der Waals surface area (Å²) in [5, 5.41) is 0. The normalized spacial score (nSPS) is 16.2. The van der Waals surface area contributed by atoms with E-state index in [2.05, 4.69) is 24.3 Å². The topological polar surface area (TPSA) is 0 Å². The van der Waals surface area contributed by atoms with E-state index in [1.165, 1.54) is 5.57 Å². The van der Waals surface area contributed by atoms with Crippen LogP contribution in [-0.2, 0) is 0 Å². The summed E-state index contributed by atoms with van der Waals surface area (Å²) < 4.78 is 11.7. The number of hydrogen-bond donors (Lipinski definition) is 0. The number of allylic oxidation sites excluding steroid dienone is 2. The van der Waals surface area contributed by atoms with E-state index in [9.17, 15) is 4.39 Å². The first kappa shape index (κ1) is 9.32. The van der Waals surface area contributed by atoms with Crippen LogP contribution in [0.15, 0.2) is 11.6 Å². The van der Waals surface area contributed by atoms with E-state index in [0.717, 1.165) is 19.3 Å². The molecule has 65 valence electrons. The predicted octanol–water partition coefficient (Wildman–Crippen LogP) is 3.05. The van der Waals surface area contributed by atoms with Gasteiger partial charge in [-0.05, 0) is 37.7 Å². The van der Waals surface area contributed by atoms with Crippen LogP contribution in [0.1, 0.15) is 32.1 Å². The Morgan fingerprint density at radius 2 is 2.42 bits per heavy atom. The molecule has 0 nitrogen and oxygen atoms in total. The molecule has 0 atom stereocenters. The van der Waals surface area contributed by atoms with Crippen molar-refractivity contribution >= 4 is 0 Å². The fourth-order valence-electron chi connectivity index (χ4n) is 1.15. The molecular weight excluding hydrogens is 151 g/mol. The fraction of sp³-hybridized carbons (Fsp3) is 0.545. The Morgan fingerprint density at radius 1 is 1.50 bits per heavy atom. The highest BCUT2D eigenvalue weighted by Gasteiger charge is 1.99. The van der Waals surface area contributed by atoms with Gasteiger partial charge in [0, 0.05) is 6.42 Å². The van der Waals surface area contributed by atoms with Crippen LogP contribution in [0.3, 0.4) is 0 Å². The molecule has 1 aliphatic carbocycles. The van der Waals surface area contributed by atoms with Crippen LogP contribution in [-0.4, -0.2) is 6.67 Å². The second kappa shape index (κ2) is 5.83. The van der Waals surface area contributed by atoms with Crippen LogP contribution >= 0.6 is 0 Å². The lowest BCUT2D eigenvalue weighted by Crippen LogP contribution is -1.89. The summed E-state index contributed by atoms with van der Waals surface area (Å²) in [4.78, 5) is 0. The van der Waals surface area contributed by atoms with Crippen LogP contribution in [0.5, 0.6) is 0 Å². The molecule has 0 spiro atoms. The van der Waals surface area contributed by atoms with Crippen LogP contribution in [0.25, 0.3) is 0 Å². The van der Waals surface area contributed by atoms with Gasteiger partial charge in [-0.25, -0.2) is 0 Å². The van der Waals surface area contributed by atoms with Gasteiger partial charge < -0.3 is 0 Å². The Labute approximate surface area is 73.9 Å². The van der Waals surface area contributed by atoms with Gasteiger partial charge in [-0.1, -0.05) is 17.9 Å². The molecular formula is C11H14F. The molecule has 1 radical (unpaired) electrons. The Hall–Kier alpha value is -0.770. The first-order valence-corrected chi connectivity index (χ1v) is 4.49. The van der Waals surface area contributed by atoms with E-state index in [1.54, 1.807) is 0 Å². The Bertz CT molecular complexity index is 205. The lowest BCUT2D eigenvalue weighted by Gasteiger charge is -2.05. The van der Waals surface area contributed by atoms with Gasteiger partial charge >= 0.3 is 0 Å². The molecule has 0 aromatic heterocycles. The number of rotatable bonds is 2. The molecule has 12 heavy (non-hydrogen) atoms.